The number of carbonyl (C=O) groups excluding carboxylic acids is 3. The van der Waals surface area contributed by atoms with E-state index in [9.17, 15) is 14.4 Å². The van der Waals surface area contributed by atoms with Crippen LogP contribution in [-0.4, -0.2) is 37.2 Å². The lowest BCUT2D eigenvalue weighted by Gasteiger charge is -2.18. The summed E-state index contributed by atoms with van der Waals surface area (Å²) in [6.45, 7) is 6.33. The van der Waals surface area contributed by atoms with Gasteiger partial charge in [-0.15, -0.1) is 0 Å². The molecule has 0 heterocycles. The maximum atomic E-state index is 12.7. The molecule has 6 nitrogen and oxygen atoms in total. The largest absolute Gasteiger partial charge is 0.462 e. The van der Waals surface area contributed by atoms with Crippen molar-refractivity contribution in [3.63, 3.8) is 0 Å². The van der Waals surface area contributed by atoms with Crippen LogP contribution in [0.4, 0.5) is 0 Å². The highest BCUT2D eigenvalue weighted by Gasteiger charge is 2.19. The lowest BCUT2D eigenvalue weighted by Crippen LogP contribution is -2.30. The summed E-state index contributed by atoms with van der Waals surface area (Å²) in [6, 6.07) is 0. The third kappa shape index (κ3) is 38.1. The Balaban J connectivity index is 4.50. The van der Waals surface area contributed by atoms with Crippen molar-refractivity contribution in [2.45, 2.75) is 187 Å². The van der Waals surface area contributed by atoms with Crippen LogP contribution in [0.25, 0.3) is 0 Å². The molecule has 0 amide bonds. The summed E-state index contributed by atoms with van der Waals surface area (Å²) in [6.07, 6.45) is 48.9. The lowest BCUT2D eigenvalue weighted by atomic mass is 10.1. The Bertz CT molecular complexity index is 1020. The Hall–Kier alpha value is -3.15. The number of hydrogen-bond donors (Lipinski definition) is 0. The van der Waals surface area contributed by atoms with Crippen LogP contribution in [0.2, 0.25) is 0 Å². The number of esters is 3. The average molecular weight is 725 g/mol. The maximum Gasteiger partial charge on any atom is 0.306 e. The van der Waals surface area contributed by atoms with Crippen LogP contribution >= 0.6 is 0 Å². The fourth-order valence-electron chi connectivity index (χ4n) is 5.33. The Kier molecular flexibility index (Phi) is 38.2. The fraction of sp³-hybridized carbons (Fsp3) is 0.674. The van der Waals surface area contributed by atoms with Gasteiger partial charge in [0.2, 0.25) is 0 Å². The molecule has 0 aliphatic carbocycles. The van der Waals surface area contributed by atoms with Crippen LogP contribution < -0.4 is 0 Å². The van der Waals surface area contributed by atoms with Gasteiger partial charge in [-0.3, -0.25) is 14.4 Å². The molecule has 52 heavy (non-hydrogen) atoms. The van der Waals surface area contributed by atoms with Gasteiger partial charge < -0.3 is 14.2 Å². The van der Waals surface area contributed by atoms with Gasteiger partial charge in [0.25, 0.3) is 0 Å². The van der Waals surface area contributed by atoms with Gasteiger partial charge in [0.05, 0.1) is 0 Å². The van der Waals surface area contributed by atoms with Crippen LogP contribution in [0.5, 0.6) is 0 Å². The van der Waals surface area contributed by atoms with Gasteiger partial charge in [-0.1, -0.05) is 151 Å². The third-order valence-corrected chi connectivity index (χ3v) is 8.51. The molecule has 0 bridgehead atoms. The molecule has 0 aliphatic rings. The van der Waals surface area contributed by atoms with E-state index in [1.165, 1.54) is 57.8 Å². The Morgan fingerprint density at radius 3 is 1.37 bits per heavy atom. The standard InChI is InChI=1S/C46H76O6/c1-4-7-10-13-16-19-21-23-25-27-30-33-36-39-45(48)51-42-43(41-50-44(47)38-35-32-29-26-18-15-12-9-6-3)52-46(49)40-37-34-31-28-24-22-20-17-14-11-8-5-2/h7,10,13,16-17,19-21,23,25-26,29,43H,4-6,8-9,11-12,14-15,18,22,24,27-28,30-42H2,1-3H3/b10-7-,16-13-,20-17-,21-19-,25-23-,29-26-. The monoisotopic (exact) mass is 725 g/mol. The number of unbranched alkanes of at least 4 members (excludes halogenated alkanes) is 16. The summed E-state index contributed by atoms with van der Waals surface area (Å²) < 4.78 is 16.6. The molecule has 0 aromatic carbocycles. The fourth-order valence-corrected chi connectivity index (χ4v) is 5.33. The van der Waals surface area contributed by atoms with Crippen LogP contribution in [-0.2, 0) is 28.6 Å². The van der Waals surface area contributed by atoms with Gasteiger partial charge in [0, 0.05) is 19.3 Å². The van der Waals surface area contributed by atoms with E-state index in [1.807, 2.05) is 36.5 Å². The second kappa shape index (κ2) is 40.6. The molecule has 0 saturated carbocycles. The van der Waals surface area contributed by atoms with Crippen molar-refractivity contribution in [3.05, 3.63) is 72.9 Å². The van der Waals surface area contributed by atoms with E-state index in [1.54, 1.807) is 0 Å². The molecular formula is C46H76O6. The first kappa shape index (κ1) is 48.9. The summed E-state index contributed by atoms with van der Waals surface area (Å²) in [7, 11) is 0. The second-order valence-corrected chi connectivity index (χ2v) is 13.6. The second-order valence-electron chi connectivity index (χ2n) is 13.6. The van der Waals surface area contributed by atoms with Crippen molar-refractivity contribution < 1.29 is 28.6 Å². The summed E-state index contributed by atoms with van der Waals surface area (Å²) in [5.74, 6) is -1.000. The summed E-state index contributed by atoms with van der Waals surface area (Å²) in [4.78, 5) is 37.5. The van der Waals surface area contributed by atoms with Crippen molar-refractivity contribution >= 4 is 17.9 Å². The van der Waals surface area contributed by atoms with E-state index in [4.69, 9.17) is 14.2 Å². The summed E-state index contributed by atoms with van der Waals surface area (Å²) in [5.41, 5.74) is 0. The summed E-state index contributed by atoms with van der Waals surface area (Å²) >= 11 is 0. The Morgan fingerprint density at radius 1 is 0.404 bits per heavy atom. The molecule has 0 N–H and O–H groups in total. The first-order valence-corrected chi connectivity index (χ1v) is 21.0. The van der Waals surface area contributed by atoms with Crippen LogP contribution in [0.1, 0.15) is 181 Å². The number of rotatable bonds is 36. The van der Waals surface area contributed by atoms with E-state index < -0.39 is 6.10 Å². The minimum atomic E-state index is -0.803. The van der Waals surface area contributed by atoms with E-state index in [0.29, 0.717) is 25.7 Å². The number of carbonyl (C=O) groups is 3. The quantitative estimate of drug-likeness (QED) is 0.0210. The Labute approximate surface area is 319 Å². The molecular weight excluding hydrogens is 648 g/mol. The zero-order valence-electron chi connectivity index (χ0n) is 33.5. The molecule has 296 valence electrons. The van der Waals surface area contributed by atoms with E-state index in [-0.39, 0.29) is 31.1 Å². The van der Waals surface area contributed by atoms with Crippen molar-refractivity contribution in [1.29, 1.82) is 0 Å². The molecule has 0 aromatic rings. The molecule has 0 aliphatic heterocycles. The van der Waals surface area contributed by atoms with E-state index >= 15 is 0 Å². The minimum Gasteiger partial charge on any atom is -0.462 e. The van der Waals surface area contributed by atoms with Crippen LogP contribution in [0.3, 0.4) is 0 Å². The van der Waals surface area contributed by atoms with Gasteiger partial charge in [0.15, 0.2) is 6.10 Å². The first-order chi connectivity index (χ1) is 25.5. The molecule has 1 unspecified atom stereocenters. The molecule has 6 heteroatoms. The molecule has 0 radical (unpaired) electrons. The van der Waals surface area contributed by atoms with Crippen molar-refractivity contribution in [3.8, 4) is 0 Å². The van der Waals surface area contributed by atoms with Gasteiger partial charge in [0.1, 0.15) is 13.2 Å². The molecule has 0 spiro atoms. The van der Waals surface area contributed by atoms with Gasteiger partial charge in [-0.05, 0) is 83.5 Å². The van der Waals surface area contributed by atoms with Gasteiger partial charge in [-0.25, -0.2) is 0 Å². The van der Waals surface area contributed by atoms with Crippen molar-refractivity contribution in [1.82, 2.24) is 0 Å². The molecule has 0 saturated heterocycles. The number of ether oxygens (including phenoxy) is 3. The maximum absolute atomic E-state index is 12.7. The Morgan fingerprint density at radius 2 is 0.788 bits per heavy atom. The predicted octanol–water partition coefficient (Wildman–Crippen LogP) is 13.1. The van der Waals surface area contributed by atoms with E-state index in [2.05, 4.69) is 57.2 Å². The number of hydrogen-bond acceptors (Lipinski definition) is 6. The average Bonchev–Trinajstić information content (AvgIpc) is 3.14. The molecule has 0 aromatic heterocycles. The first-order valence-electron chi connectivity index (χ1n) is 21.0. The smallest absolute Gasteiger partial charge is 0.306 e. The highest BCUT2D eigenvalue weighted by Crippen LogP contribution is 2.12. The number of allylic oxidation sites excluding steroid dienone is 12. The van der Waals surface area contributed by atoms with Crippen molar-refractivity contribution in [2.75, 3.05) is 13.2 Å². The van der Waals surface area contributed by atoms with Crippen LogP contribution in [0.15, 0.2) is 72.9 Å². The molecule has 1 atom stereocenters. The van der Waals surface area contributed by atoms with Gasteiger partial charge >= 0.3 is 17.9 Å². The van der Waals surface area contributed by atoms with E-state index in [0.717, 1.165) is 77.0 Å². The zero-order valence-corrected chi connectivity index (χ0v) is 33.5. The van der Waals surface area contributed by atoms with Crippen molar-refractivity contribution in [2.24, 2.45) is 0 Å². The molecule has 0 rings (SSSR count). The highest BCUT2D eigenvalue weighted by atomic mass is 16.6. The molecule has 0 fully saturated rings. The SMILES string of the molecule is CC\C=C/C=C\C=C/C=C\CCCCCC(=O)OCC(COC(=O)CCC/C=C\CCCCCC)OC(=O)CCCCCCC/C=C\CCCCC. The zero-order chi connectivity index (χ0) is 38.0. The normalized spacial score (nSPS) is 12.8. The predicted molar refractivity (Wildman–Crippen MR) is 219 cm³/mol. The van der Waals surface area contributed by atoms with Gasteiger partial charge in [-0.2, -0.15) is 0 Å². The summed E-state index contributed by atoms with van der Waals surface area (Å²) in [5, 5.41) is 0. The topological polar surface area (TPSA) is 78.9 Å². The lowest BCUT2D eigenvalue weighted by molar-refractivity contribution is -0.167. The van der Waals surface area contributed by atoms with Crippen LogP contribution in [0, 0.1) is 0 Å². The third-order valence-electron chi connectivity index (χ3n) is 8.51. The minimum absolute atomic E-state index is 0.108. The highest BCUT2D eigenvalue weighted by molar-refractivity contribution is 5.71.